The van der Waals surface area contributed by atoms with Gasteiger partial charge in [-0.1, -0.05) is 12.1 Å². The fourth-order valence-electron chi connectivity index (χ4n) is 4.13. The van der Waals surface area contributed by atoms with Crippen molar-refractivity contribution in [2.75, 3.05) is 51.1 Å². The van der Waals surface area contributed by atoms with Gasteiger partial charge in [-0.15, -0.1) is 0 Å². The highest BCUT2D eigenvalue weighted by Gasteiger charge is 2.32. The first-order chi connectivity index (χ1) is 16.5. The van der Waals surface area contributed by atoms with E-state index >= 15 is 0 Å². The van der Waals surface area contributed by atoms with E-state index in [1.807, 2.05) is 51.0 Å². The Kier molecular flexibility index (Phi) is 8.26. The minimum atomic E-state index is -0.390. The Hall–Kier alpha value is -3.27. The van der Waals surface area contributed by atoms with E-state index in [-0.39, 0.29) is 36.9 Å². The number of carbonyl (C=O) groups is 2. The van der Waals surface area contributed by atoms with Crippen LogP contribution in [-0.2, 0) is 11.2 Å². The zero-order chi connectivity index (χ0) is 25.9. The molecule has 0 saturated heterocycles. The molecule has 2 N–H and O–H groups in total. The maximum absolute atomic E-state index is 13.2. The molecule has 0 aliphatic carbocycles. The second-order valence-corrected chi connectivity index (χ2v) is 9.58. The number of ether oxygens (including phenoxy) is 1. The van der Waals surface area contributed by atoms with Crippen LogP contribution >= 0.6 is 0 Å². The largest absolute Gasteiger partial charge is 0.488 e. The predicted octanol–water partition coefficient (Wildman–Crippen LogP) is 2.67. The van der Waals surface area contributed by atoms with Crippen LogP contribution in [0.25, 0.3) is 0 Å². The number of aliphatic hydroxyl groups is 1. The number of hydrogen-bond acceptors (Lipinski definition) is 7. The maximum atomic E-state index is 13.2. The lowest BCUT2D eigenvalue weighted by Crippen LogP contribution is -2.48. The first-order valence-electron chi connectivity index (χ1n) is 11.8. The number of benzene rings is 1. The summed E-state index contributed by atoms with van der Waals surface area (Å²) < 4.78 is 11.6. The monoisotopic (exact) mass is 487 g/mol. The van der Waals surface area contributed by atoms with Crippen molar-refractivity contribution in [1.82, 2.24) is 15.0 Å². The third-order valence-electron chi connectivity index (χ3n) is 6.48. The summed E-state index contributed by atoms with van der Waals surface area (Å²) in [6.07, 6.45) is -0.220. The van der Waals surface area contributed by atoms with E-state index in [4.69, 9.17) is 9.26 Å². The van der Waals surface area contributed by atoms with Crippen LogP contribution in [0.3, 0.4) is 0 Å². The molecule has 3 rings (SSSR count). The average molecular weight is 488 g/mol. The molecule has 3 amide bonds. The van der Waals surface area contributed by atoms with Crippen molar-refractivity contribution < 1.29 is 24.0 Å². The lowest BCUT2D eigenvalue weighted by atomic mass is 10.0. The lowest BCUT2D eigenvalue weighted by Gasteiger charge is -2.34. The molecule has 0 radical (unpaired) electrons. The molecule has 2 aromatic rings. The molecule has 192 valence electrons. The first kappa shape index (κ1) is 26.3. The number of hydrogen-bond donors (Lipinski definition) is 2. The summed E-state index contributed by atoms with van der Waals surface area (Å²) in [5.41, 5.74) is 2.90. The van der Waals surface area contributed by atoms with Crippen molar-refractivity contribution in [1.29, 1.82) is 0 Å². The summed E-state index contributed by atoms with van der Waals surface area (Å²) in [7, 11) is 5.58. The molecule has 0 spiro atoms. The van der Waals surface area contributed by atoms with Crippen molar-refractivity contribution in [3.8, 4) is 5.75 Å². The summed E-state index contributed by atoms with van der Waals surface area (Å²) in [5, 5.41) is 16.5. The molecule has 10 heteroatoms. The highest BCUT2D eigenvalue weighted by Crippen LogP contribution is 2.30. The van der Waals surface area contributed by atoms with Gasteiger partial charge in [0, 0.05) is 44.9 Å². The van der Waals surface area contributed by atoms with Crippen molar-refractivity contribution >= 4 is 23.3 Å². The highest BCUT2D eigenvalue weighted by molar-refractivity contribution is 5.90. The molecule has 1 aliphatic heterocycles. The van der Waals surface area contributed by atoms with Crippen LogP contribution in [0.2, 0.25) is 0 Å². The van der Waals surface area contributed by atoms with Crippen LogP contribution in [0.5, 0.6) is 5.75 Å². The summed E-state index contributed by atoms with van der Waals surface area (Å²) in [4.78, 5) is 31.4. The van der Waals surface area contributed by atoms with Gasteiger partial charge < -0.3 is 34.4 Å². The number of fused-ring (bicyclic) bond motifs is 1. The summed E-state index contributed by atoms with van der Waals surface area (Å²) >= 11 is 0. The molecule has 1 aromatic carbocycles. The number of amides is 3. The molecule has 35 heavy (non-hydrogen) atoms. The first-order valence-corrected chi connectivity index (χ1v) is 11.8. The standard InChI is InChI=1S/C25H37N5O5/c1-15-12-30(16(2)14-31)23(32)11-19-10-20(28(5)6)8-9-21(19)34-22(15)13-29(7)25(33)26-24-17(3)27-35-18(24)4/h8-10,15-16,22,31H,11-14H2,1-7H3,(H,26,33)/t15-,16-,22+/m0/s1. The fraction of sp³-hybridized carbons (Fsp3) is 0.560. The van der Waals surface area contributed by atoms with Gasteiger partial charge in [0.25, 0.3) is 0 Å². The Morgan fingerprint density at radius 2 is 2.03 bits per heavy atom. The Balaban J connectivity index is 1.89. The molecule has 0 fully saturated rings. The van der Waals surface area contributed by atoms with Gasteiger partial charge in [0.15, 0.2) is 5.76 Å². The van der Waals surface area contributed by atoms with E-state index in [1.165, 1.54) is 0 Å². The van der Waals surface area contributed by atoms with Gasteiger partial charge in [0.1, 0.15) is 23.2 Å². The predicted molar refractivity (Wildman–Crippen MR) is 134 cm³/mol. The number of nitrogens with one attached hydrogen (secondary N) is 1. The number of nitrogens with zero attached hydrogens (tertiary/aromatic N) is 4. The quantitative estimate of drug-likeness (QED) is 0.644. The zero-order valence-corrected chi connectivity index (χ0v) is 21.7. The Morgan fingerprint density at radius 1 is 1.31 bits per heavy atom. The Labute approximate surface area is 206 Å². The van der Waals surface area contributed by atoms with Gasteiger partial charge in [0.2, 0.25) is 5.91 Å². The molecular weight excluding hydrogens is 450 g/mol. The number of aliphatic hydroxyl groups excluding tert-OH is 1. The smallest absolute Gasteiger partial charge is 0.321 e. The number of anilines is 2. The minimum Gasteiger partial charge on any atom is -0.488 e. The molecule has 10 nitrogen and oxygen atoms in total. The van der Waals surface area contributed by atoms with Crippen molar-refractivity contribution in [3.05, 3.63) is 35.2 Å². The summed E-state index contributed by atoms with van der Waals surface area (Å²) in [6.45, 7) is 7.90. The van der Waals surface area contributed by atoms with Crippen LogP contribution in [0.1, 0.15) is 30.9 Å². The number of urea groups is 1. The maximum Gasteiger partial charge on any atom is 0.321 e. The molecule has 3 atom stereocenters. The molecule has 0 bridgehead atoms. The van der Waals surface area contributed by atoms with Crippen molar-refractivity contribution in [2.24, 2.45) is 5.92 Å². The van der Waals surface area contributed by atoms with Gasteiger partial charge in [-0.2, -0.15) is 0 Å². The van der Waals surface area contributed by atoms with Crippen LogP contribution in [0.4, 0.5) is 16.2 Å². The fourth-order valence-corrected chi connectivity index (χ4v) is 4.13. The zero-order valence-electron chi connectivity index (χ0n) is 21.7. The van der Waals surface area contributed by atoms with Crippen LogP contribution < -0.4 is 15.0 Å². The highest BCUT2D eigenvalue weighted by atomic mass is 16.5. The van der Waals surface area contributed by atoms with Gasteiger partial charge >= 0.3 is 6.03 Å². The van der Waals surface area contributed by atoms with E-state index in [2.05, 4.69) is 10.5 Å². The number of carbonyl (C=O) groups excluding carboxylic acids is 2. The molecule has 1 aromatic heterocycles. The number of rotatable bonds is 6. The Bertz CT molecular complexity index is 1030. The molecule has 0 saturated carbocycles. The third-order valence-corrected chi connectivity index (χ3v) is 6.48. The van der Waals surface area contributed by atoms with Crippen molar-refractivity contribution in [3.63, 3.8) is 0 Å². The lowest BCUT2D eigenvalue weighted by molar-refractivity contribution is -0.134. The second kappa shape index (κ2) is 11.0. The van der Waals surface area contributed by atoms with Crippen LogP contribution in [0.15, 0.2) is 22.7 Å². The van der Waals surface area contributed by atoms with E-state index < -0.39 is 6.10 Å². The molecule has 1 aliphatic rings. The topological polar surface area (TPSA) is 111 Å². The van der Waals surface area contributed by atoms with Crippen LogP contribution in [0, 0.1) is 19.8 Å². The van der Waals surface area contributed by atoms with Gasteiger partial charge in [-0.05, 0) is 39.0 Å². The second-order valence-electron chi connectivity index (χ2n) is 9.58. The molecular formula is C25H37N5O5. The van der Waals surface area contributed by atoms with Gasteiger partial charge in [-0.3, -0.25) is 4.79 Å². The van der Waals surface area contributed by atoms with Gasteiger partial charge in [0.05, 0.1) is 25.6 Å². The number of likely N-dealkylation sites (N-methyl/N-ethyl adjacent to an activating group) is 1. The SMILES string of the molecule is Cc1noc(C)c1NC(=O)N(C)C[C@H]1Oc2ccc(N(C)C)cc2CC(=O)N([C@@H](C)CO)C[C@@H]1C. The molecule has 0 unspecified atom stereocenters. The van der Waals surface area contributed by atoms with Gasteiger partial charge in [-0.25, -0.2) is 4.79 Å². The summed E-state index contributed by atoms with van der Waals surface area (Å²) in [5.74, 6) is 0.985. The Morgan fingerprint density at radius 3 is 2.63 bits per heavy atom. The van der Waals surface area contributed by atoms with E-state index in [0.717, 1.165) is 11.3 Å². The minimum absolute atomic E-state index is 0.0655. The third kappa shape index (κ3) is 6.05. The van der Waals surface area contributed by atoms with E-state index in [1.54, 1.807) is 30.7 Å². The van der Waals surface area contributed by atoms with Crippen molar-refractivity contribution in [2.45, 2.75) is 46.3 Å². The molecule has 2 heterocycles. The van der Waals surface area contributed by atoms with Crippen LogP contribution in [-0.4, -0.2) is 85.0 Å². The van der Waals surface area contributed by atoms with E-state index in [9.17, 15) is 14.7 Å². The van der Waals surface area contributed by atoms with E-state index in [0.29, 0.717) is 36.0 Å². The normalized spacial score (nSPS) is 19.1. The summed E-state index contributed by atoms with van der Waals surface area (Å²) in [6, 6.07) is 5.15. The number of aryl methyl sites for hydroxylation is 2. The average Bonchev–Trinajstić information content (AvgIpc) is 3.15. The number of aromatic nitrogens is 1.